The molecule has 0 saturated carbocycles. The Morgan fingerprint density at radius 1 is 1.33 bits per heavy atom. The molecule has 0 saturated heterocycles. The Bertz CT molecular complexity index is 219. The van der Waals surface area contributed by atoms with Crippen LogP contribution in [0.5, 0.6) is 0 Å². The molecule has 2 nitrogen and oxygen atoms in total. The largest absolute Gasteiger partial charge is 0.384 e. The summed E-state index contributed by atoms with van der Waals surface area (Å²) in [6, 6.07) is 3.89. The Hall–Kier alpha value is -1.05. The molecule has 0 aliphatic heterocycles. The number of hydrogen-bond acceptors (Lipinski definition) is 2. The van der Waals surface area contributed by atoms with Crippen molar-refractivity contribution in [3.8, 4) is 0 Å². The van der Waals surface area contributed by atoms with Gasteiger partial charge in [-0.2, -0.15) is 0 Å². The highest BCUT2D eigenvalue weighted by Gasteiger charge is 1.97. The zero-order chi connectivity index (χ0) is 9.56. The van der Waals surface area contributed by atoms with E-state index in [9.17, 15) is 0 Å². The van der Waals surface area contributed by atoms with Gasteiger partial charge >= 0.3 is 0 Å². The topological polar surface area (TPSA) is 38.9 Å². The van der Waals surface area contributed by atoms with Gasteiger partial charge in [0.2, 0.25) is 0 Å². The lowest BCUT2D eigenvalue weighted by Gasteiger charge is -2.03. The van der Waals surface area contributed by atoms with Crippen LogP contribution in [-0.4, -0.2) is 4.98 Å². The first-order chi connectivity index (χ1) is 5.70. The molecule has 0 aliphatic rings. The highest BCUT2D eigenvalue weighted by Crippen LogP contribution is 2.14. The molecular formula is C10H18N2. The van der Waals surface area contributed by atoms with Crippen LogP contribution >= 0.6 is 0 Å². The van der Waals surface area contributed by atoms with E-state index in [1.165, 1.54) is 5.56 Å². The lowest BCUT2D eigenvalue weighted by atomic mass is 10.1. The van der Waals surface area contributed by atoms with Crippen molar-refractivity contribution in [1.82, 2.24) is 4.98 Å². The minimum Gasteiger partial charge on any atom is -0.384 e. The number of nitrogens with two attached hydrogens (primary N) is 1. The van der Waals surface area contributed by atoms with Gasteiger partial charge < -0.3 is 5.73 Å². The minimum absolute atomic E-state index is 0.533. The molecule has 12 heavy (non-hydrogen) atoms. The highest BCUT2D eigenvalue weighted by atomic mass is 14.8. The van der Waals surface area contributed by atoms with Crippen LogP contribution in [0.4, 0.5) is 5.82 Å². The standard InChI is InChI=1S/C8H12N2.C2H6/c1-6(2)7-3-4-10-8(9)5-7;1-2/h3-6H,1-2H3,(H2,9,10);1-2H3. The molecule has 0 radical (unpaired) electrons. The Morgan fingerprint density at radius 3 is 2.25 bits per heavy atom. The van der Waals surface area contributed by atoms with E-state index in [4.69, 9.17) is 5.73 Å². The Kier molecular flexibility index (Phi) is 5.09. The first-order valence-electron chi connectivity index (χ1n) is 4.41. The van der Waals surface area contributed by atoms with Crippen molar-refractivity contribution in [2.24, 2.45) is 0 Å². The molecule has 1 heterocycles. The van der Waals surface area contributed by atoms with Crippen LogP contribution in [0, 0.1) is 0 Å². The zero-order valence-electron chi connectivity index (χ0n) is 8.33. The smallest absolute Gasteiger partial charge is 0.123 e. The molecule has 1 aromatic rings. The van der Waals surface area contributed by atoms with Crippen LogP contribution in [0.1, 0.15) is 39.2 Å². The van der Waals surface area contributed by atoms with Crippen molar-refractivity contribution in [3.05, 3.63) is 23.9 Å². The van der Waals surface area contributed by atoms with Crippen molar-refractivity contribution in [2.75, 3.05) is 5.73 Å². The van der Waals surface area contributed by atoms with Crippen LogP contribution in [0.3, 0.4) is 0 Å². The van der Waals surface area contributed by atoms with Crippen molar-refractivity contribution >= 4 is 5.82 Å². The van der Waals surface area contributed by atoms with Crippen molar-refractivity contribution < 1.29 is 0 Å². The van der Waals surface area contributed by atoms with Gasteiger partial charge in [0, 0.05) is 6.20 Å². The van der Waals surface area contributed by atoms with Gasteiger partial charge in [0.15, 0.2) is 0 Å². The summed E-state index contributed by atoms with van der Waals surface area (Å²) in [5.41, 5.74) is 6.73. The molecule has 0 amide bonds. The van der Waals surface area contributed by atoms with Gasteiger partial charge in [-0.15, -0.1) is 0 Å². The normalized spacial score (nSPS) is 9.08. The predicted octanol–water partition coefficient (Wildman–Crippen LogP) is 2.81. The molecule has 0 atom stereocenters. The van der Waals surface area contributed by atoms with Gasteiger partial charge in [-0.1, -0.05) is 27.7 Å². The SMILES string of the molecule is CC.CC(C)c1ccnc(N)c1. The van der Waals surface area contributed by atoms with Gasteiger partial charge in [-0.25, -0.2) is 4.98 Å². The summed E-state index contributed by atoms with van der Waals surface area (Å²) in [6.45, 7) is 8.27. The van der Waals surface area contributed by atoms with Crippen LogP contribution in [0.25, 0.3) is 0 Å². The van der Waals surface area contributed by atoms with E-state index in [2.05, 4.69) is 18.8 Å². The van der Waals surface area contributed by atoms with Crippen molar-refractivity contribution in [3.63, 3.8) is 0 Å². The van der Waals surface area contributed by atoms with E-state index < -0.39 is 0 Å². The first kappa shape index (κ1) is 11.0. The maximum Gasteiger partial charge on any atom is 0.123 e. The van der Waals surface area contributed by atoms with Gasteiger partial charge in [0.25, 0.3) is 0 Å². The minimum atomic E-state index is 0.533. The summed E-state index contributed by atoms with van der Waals surface area (Å²) in [6.07, 6.45) is 1.74. The maximum absolute atomic E-state index is 5.49. The average molecular weight is 166 g/mol. The molecule has 0 fully saturated rings. The Labute approximate surface area is 74.8 Å². The monoisotopic (exact) mass is 166 g/mol. The summed E-state index contributed by atoms with van der Waals surface area (Å²) in [5, 5.41) is 0. The summed E-state index contributed by atoms with van der Waals surface area (Å²) < 4.78 is 0. The molecule has 2 heteroatoms. The van der Waals surface area contributed by atoms with Gasteiger partial charge in [-0.3, -0.25) is 0 Å². The van der Waals surface area contributed by atoms with E-state index in [0.717, 1.165) is 0 Å². The second kappa shape index (κ2) is 5.58. The molecule has 0 aliphatic carbocycles. The van der Waals surface area contributed by atoms with Crippen LogP contribution in [0.15, 0.2) is 18.3 Å². The third-order valence-electron chi connectivity index (χ3n) is 1.47. The Morgan fingerprint density at radius 2 is 1.92 bits per heavy atom. The third-order valence-corrected chi connectivity index (χ3v) is 1.47. The molecule has 0 spiro atoms. The average Bonchev–Trinajstić information content (AvgIpc) is 2.08. The van der Waals surface area contributed by atoms with E-state index in [1.54, 1.807) is 6.20 Å². The molecule has 2 N–H and O–H groups in total. The Balaban J connectivity index is 0.000000561. The second-order valence-corrected chi connectivity index (χ2v) is 2.67. The fraction of sp³-hybridized carbons (Fsp3) is 0.500. The quantitative estimate of drug-likeness (QED) is 0.696. The van der Waals surface area contributed by atoms with Crippen LogP contribution in [0.2, 0.25) is 0 Å². The maximum atomic E-state index is 5.49. The predicted molar refractivity (Wildman–Crippen MR) is 54.1 cm³/mol. The summed E-state index contributed by atoms with van der Waals surface area (Å²) >= 11 is 0. The summed E-state index contributed by atoms with van der Waals surface area (Å²) in [5.74, 6) is 1.14. The molecular weight excluding hydrogens is 148 g/mol. The van der Waals surface area contributed by atoms with E-state index >= 15 is 0 Å². The number of nitrogens with zero attached hydrogens (tertiary/aromatic N) is 1. The molecule has 0 aromatic carbocycles. The number of hydrogen-bond donors (Lipinski definition) is 1. The molecule has 68 valence electrons. The third kappa shape index (κ3) is 3.37. The van der Waals surface area contributed by atoms with Crippen LogP contribution < -0.4 is 5.73 Å². The van der Waals surface area contributed by atoms with E-state index in [0.29, 0.717) is 11.7 Å². The molecule has 1 rings (SSSR count). The fourth-order valence-electron chi connectivity index (χ4n) is 0.825. The van der Waals surface area contributed by atoms with E-state index in [-0.39, 0.29) is 0 Å². The van der Waals surface area contributed by atoms with Crippen molar-refractivity contribution in [2.45, 2.75) is 33.6 Å². The van der Waals surface area contributed by atoms with Crippen LogP contribution in [-0.2, 0) is 0 Å². The summed E-state index contributed by atoms with van der Waals surface area (Å²) in [7, 11) is 0. The second-order valence-electron chi connectivity index (χ2n) is 2.67. The van der Waals surface area contributed by atoms with Crippen molar-refractivity contribution in [1.29, 1.82) is 0 Å². The molecule has 0 unspecified atom stereocenters. The van der Waals surface area contributed by atoms with Gasteiger partial charge in [0.05, 0.1) is 0 Å². The fourth-order valence-corrected chi connectivity index (χ4v) is 0.825. The highest BCUT2D eigenvalue weighted by molar-refractivity contribution is 5.33. The summed E-state index contributed by atoms with van der Waals surface area (Å²) in [4.78, 5) is 3.90. The number of pyridine rings is 1. The van der Waals surface area contributed by atoms with E-state index in [1.807, 2.05) is 26.0 Å². The lowest BCUT2D eigenvalue weighted by Crippen LogP contribution is -1.93. The zero-order valence-corrected chi connectivity index (χ0v) is 8.33. The van der Waals surface area contributed by atoms with Gasteiger partial charge in [0.1, 0.15) is 5.82 Å². The van der Waals surface area contributed by atoms with Gasteiger partial charge in [-0.05, 0) is 23.6 Å². The first-order valence-corrected chi connectivity index (χ1v) is 4.41. The number of aromatic nitrogens is 1. The molecule has 0 bridgehead atoms. The number of anilines is 1. The number of rotatable bonds is 1. The number of nitrogen functional groups attached to an aromatic ring is 1. The lowest BCUT2D eigenvalue weighted by molar-refractivity contribution is 0.864. The molecule has 1 aromatic heterocycles.